The van der Waals surface area contributed by atoms with E-state index in [0.717, 1.165) is 0 Å². The average molecular weight is 215 g/mol. The molecule has 1 N–H and O–H groups in total. The lowest BCUT2D eigenvalue weighted by atomic mass is 10.0. The number of carboxylic acids is 1. The molecule has 0 aliphatic carbocycles. The van der Waals surface area contributed by atoms with E-state index in [0.29, 0.717) is 11.1 Å². The van der Waals surface area contributed by atoms with Crippen molar-refractivity contribution >= 4 is 5.97 Å². The molecule has 0 fully saturated rings. The van der Waals surface area contributed by atoms with E-state index in [1.165, 1.54) is 6.07 Å². The fraction of sp³-hybridized carbons (Fsp3) is 0.182. The van der Waals surface area contributed by atoms with Crippen molar-refractivity contribution in [2.24, 2.45) is 5.11 Å². The van der Waals surface area contributed by atoms with E-state index in [2.05, 4.69) is 21.9 Å². The molecule has 0 aliphatic rings. The standard InChI is InChI=1S/C11H9N3O2/c1-8-9(5-3-7-13-14-12)4-2-6-10(8)11(15)16/h2,4,6H,7H2,1H3,(H,15,16). The molecule has 1 aromatic rings. The highest BCUT2D eigenvalue weighted by molar-refractivity contribution is 5.90. The smallest absolute Gasteiger partial charge is 0.335 e. The highest BCUT2D eigenvalue weighted by Crippen LogP contribution is 2.12. The Hall–Kier alpha value is -2.44. The fourth-order valence-corrected chi connectivity index (χ4v) is 1.20. The summed E-state index contributed by atoms with van der Waals surface area (Å²) in [4.78, 5) is 13.4. The van der Waals surface area contributed by atoms with Gasteiger partial charge in [-0.1, -0.05) is 23.0 Å². The summed E-state index contributed by atoms with van der Waals surface area (Å²) in [6.45, 7) is 1.77. The van der Waals surface area contributed by atoms with Crippen molar-refractivity contribution in [3.63, 3.8) is 0 Å². The van der Waals surface area contributed by atoms with Gasteiger partial charge in [-0.2, -0.15) is 0 Å². The van der Waals surface area contributed by atoms with Crippen LogP contribution in [0.5, 0.6) is 0 Å². The Labute approximate surface area is 92.3 Å². The Kier molecular flexibility index (Phi) is 3.96. The molecular formula is C11H9N3O2. The first-order valence-corrected chi connectivity index (χ1v) is 4.49. The van der Waals surface area contributed by atoms with Gasteiger partial charge in [0.2, 0.25) is 0 Å². The average Bonchev–Trinajstić information content (AvgIpc) is 2.26. The van der Waals surface area contributed by atoms with Crippen LogP contribution in [-0.4, -0.2) is 17.6 Å². The number of carbonyl (C=O) groups is 1. The summed E-state index contributed by atoms with van der Waals surface area (Å²) in [6.07, 6.45) is 0. The number of aromatic carboxylic acids is 1. The zero-order valence-corrected chi connectivity index (χ0v) is 8.64. The van der Waals surface area contributed by atoms with Gasteiger partial charge in [0.1, 0.15) is 0 Å². The van der Waals surface area contributed by atoms with Crippen molar-refractivity contribution in [1.29, 1.82) is 0 Å². The Balaban J connectivity index is 3.04. The van der Waals surface area contributed by atoms with Crippen LogP contribution >= 0.6 is 0 Å². The highest BCUT2D eigenvalue weighted by Gasteiger charge is 2.07. The maximum atomic E-state index is 10.8. The van der Waals surface area contributed by atoms with Crippen LogP contribution in [0.1, 0.15) is 21.5 Å². The molecule has 0 aromatic heterocycles. The third kappa shape index (κ3) is 2.77. The first-order chi connectivity index (χ1) is 7.66. The maximum Gasteiger partial charge on any atom is 0.335 e. The molecule has 0 unspecified atom stereocenters. The summed E-state index contributed by atoms with van der Waals surface area (Å²) in [5.74, 6) is 4.44. The molecule has 0 bridgehead atoms. The van der Waals surface area contributed by atoms with Gasteiger partial charge in [0.05, 0.1) is 12.1 Å². The van der Waals surface area contributed by atoms with Crippen LogP contribution in [0, 0.1) is 18.8 Å². The number of hydrogen-bond acceptors (Lipinski definition) is 2. The number of rotatable bonds is 2. The van der Waals surface area contributed by atoms with Gasteiger partial charge in [0.25, 0.3) is 0 Å². The van der Waals surface area contributed by atoms with Crippen LogP contribution in [0.2, 0.25) is 0 Å². The van der Waals surface area contributed by atoms with Crippen LogP contribution in [0.25, 0.3) is 10.4 Å². The van der Waals surface area contributed by atoms with E-state index in [1.54, 1.807) is 19.1 Å². The predicted molar refractivity (Wildman–Crippen MR) is 59.0 cm³/mol. The Morgan fingerprint density at radius 1 is 1.62 bits per heavy atom. The van der Waals surface area contributed by atoms with Crippen LogP contribution in [0.3, 0.4) is 0 Å². The van der Waals surface area contributed by atoms with Crippen molar-refractivity contribution < 1.29 is 9.90 Å². The van der Waals surface area contributed by atoms with Crippen molar-refractivity contribution in [2.45, 2.75) is 6.92 Å². The summed E-state index contributed by atoms with van der Waals surface area (Å²) in [5, 5.41) is 12.1. The van der Waals surface area contributed by atoms with Gasteiger partial charge in [-0.15, -0.1) is 0 Å². The molecule has 0 amide bonds. The molecule has 0 saturated carbocycles. The lowest BCUT2D eigenvalue weighted by molar-refractivity contribution is 0.0696. The monoisotopic (exact) mass is 215 g/mol. The van der Waals surface area contributed by atoms with E-state index < -0.39 is 5.97 Å². The molecule has 1 rings (SSSR count). The third-order valence-corrected chi connectivity index (χ3v) is 2.00. The lowest BCUT2D eigenvalue weighted by Gasteiger charge is -2.02. The normalized spacial score (nSPS) is 8.56. The number of nitrogens with zero attached hydrogens (tertiary/aromatic N) is 3. The highest BCUT2D eigenvalue weighted by atomic mass is 16.4. The van der Waals surface area contributed by atoms with Gasteiger partial charge in [0.15, 0.2) is 0 Å². The largest absolute Gasteiger partial charge is 0.478 e. The molecule has 5 nitrogen and oxygen atoms in total. The van der Waals surface area contributed by atoms with Crippen molar-refractivity contribution in [1.82, 2.24) is 0 Å². The summed E-state index contributed by atoms with van der Waals surface area (Å²) in [5.41, 5.74) is 9.53. The van der Waals surface area contributed by atoms with Crippen LogP contribution in [0.15, 0.2) is 23.3 Å². The van der Waals surface area contributed by atoms with Gasteiger partial charge >= 0.3 is 5.97 Å². The SMILES string of the molecule is Cc1c(C#CCN=[N+]=[N-])cccc1C(=O)O. The molecule has 0 radical (unpaired) electrons. The molecule has 16 heavy (non-hydrogen) atoms. The molecule has 80 valence electrons. The molecule has 1 aromatic carbocycles. The van der Waals surface area contributed by atoms with E-state index in [9.17, 15) is 4.79 Å². The quantitative estimate of drug-likeness (QED) is 0.355. The molecule has 0 aliphatic heterocycles. The van der Waals surface area contributed by atoms with E-state index in [-0.39, 0.29) is 12.1 Å². The van der Waals surface area contributed by atoms with Crippen molar-refractivity contribution in [3.8, 4) is 11.8 Å². The van der Waals surface area contributed by atoms with Crippen molar-refractivity contribution in [3.05, 3.63) is 45.3 Å². The van der Waals surface area contributed by atoms with Crippen molar-refractivity contribution in [2.75, 3.05) is 6.54 Å². The second-order valence-electron chi connectivity index (χ2n) is 2.97. The summed E-state index contributed by atoms with van der Waals surface area (Å²) in [7, 11) is 0. The zero-order chi connectivity index (χ0) is 12.0. The van der Waals surface area contributed by atoms with E-state index in [4.69, 9.17) is 10.6 Å². The summed E-state index contributed by atoms with van der Waals surface area (Å²) >= 11 is 0. The van der Waals surface area contributed by atoms with Gasteiger partial charge in [-0.25, -0.2) is 4.79 Å². The Morgan fingerprint density at radius 2 is 2.38 bits per heavy atom. The minimum atomic E-state index is -0.976. The second kappa shape index (κ2) is 5.44. The van der Waals surface area contributed by atoms with Gasteiger partial charge in [-0.05, 0) is 30.2 Å². The Bertz CT molecular complexity index is 520. The molecule has 0 saturated heterocycles. The topological polar surface area (TPSA) is 86.1 Å². The second-order valence-corrected chi connectivity index (χ2v) is 2.97. The number of carboxylic acid groups (broad SMARTS) is 1. The molecule has 5 heteroatoms. The van der Waals surface area contributed by atoms with Gasteiger partial charge in [0, 0.05) is 10.5 Å². The predicted octanol–water partition coefficient (Wildman–Crippen LogP) is 2.36. The van der Waals surface area contributed by atoms with Crippen LogP contribution in [-0.2, 0) is 0 Å². The zero-order valence-electron chi connectivity index (χ0n) is 8.64. The Morgan fingerprint density at radius 3 is 3.00 bits per heavy atom. The molecule has 0 spiro atoms. The van der Waals surface area contributed by atoms with E-state index in [1.807, 2.05) is 0 Å². The third-order valence-electron chi connectivity index (χ3n) is 2.00. The molecule has 0 atom stereocenters. The lowest BCUT2D eigenvalue weighted by Crippen LogP contribution is -2.00. The maximum absolute atomic E-state index is 10.8. The van der Waals surface area contributed by atoms with Crippen LogP contribution in [0.4, 0.5) is 0 Å². The minimum absolute atomic E-state index is 0.0766. The molecular weight excluding hydrogens is 206 g/mol. The summed E-state index contributed by atoms with van der Waals surface area (Å²) in [6, 6.07) is 4.88. The van der Waals surface area contributed by atoms with E-state index >= 15 is 0 Å². The first-order valence-electron chi connectivity index (χ1n) is 4.49. The number of benzene rings is 1. The number of hydrogen-bond donors (Lipinski definition) is 1. The van der Waals surface area contributed by atoms with Crippen LogP contribution < -0.4 is 0 Å². The minimum Gasteiger partial charge on any atom is -0.478 e. The van der Waals surface area contributed by atoms with Gasteiger partial charge < -0.3 is 5.11 Å². The molecule has 0 heterocycles. The fourth-order valence-electron chi connectivity index (χ4n) is 1.20. The summed E-state index contributed by atoms with van der Waals surface area (Å²) < 4.78 is 0. The first kappa shape index (κ1) is 11.6. The number of azide groups is 1. The van der Waals surface area contributed by atoms with Gasteiger partial charge in [-0.3, -0.25) is 0 Å².